The number of carbonyl (C=O) groups is 1. The largest absolute Gasteiger partial charge is 0.481 e. The number of ether oxygens (including phenoxy) is 1. The van der Waals surface area contributed by atoms with E-state index >= 15 is 0 Å². The molecule has 1 aromatic rings. The first-order chi connectivity index (χ1) is 10.4. The van der Waals surface area contributed by atoms with Crippen LogP contribution < -0.4 is 0 Å². The first-order valence-corrected chi connectivity index (χ1v) is 6.87. The molecule has 2 heterocycles. The van der Waals surface area contributed by atoms with Gasteiger partial charge in [0.2, 0.25) is 0 Å². The molecular formula is C12H19N3O7. The molecule has 0 aromatic carbocycles. The summed E-state index contributed by atoms with van der Waals surface area (Å²) in [6.07, 6.45) is -4.23. The van der Waals surface area contributed by atoms with Crippen molar-refractivity contribution in [2.45, 2.75) is 49.9 Å². The van der Waals surface area contributed by atoms with E-state index in [0.29, 0.717) is 18.5 Å². The molecule has 1 fully saturated rings. The Balaban J connectivity index is 2.04. The Hall–Kier alpha value is -1.59. The summed E-state index contributed by atoms with van der Waals surface area (Å²) in [5.74, 6) is -0.902. The van der Waals surface area contributed by atoms with Crippen LogP contribution in [0.5, 0.6) is 0 Å². The fourth-order valence-corrected chi connectivity index (χ4v) is 2.27. The third-order valence-electron chi connectivity index (χ3n) is 3.51. The second kappa shape index (κ2) is 7.11. The summed E-state index contributed by atoms with van der Waals surface area (Å²) in [4.78, 5) is 10.5. The van der Waals surface area contributed by atoms with E-state index in [0.717, 1.165) is 0 Å². The molecule has 2 rings (SSSR count). The number of aliphatic hydroxyl groups is 4. The van der Waals surface area contributed by atoms with Crippen molar-refractivity contribution in [1.29, 1.82) is 0 Å². The zero-order valence-corrected chi connectivity index (χ0v) is 11.7. The van der Waals surface area contributed by atoms with Crippen molar-refractivity contribution in [2.75, 3.05) is 6.61 Å². The van der Waals surface area contributed by atoms with Gasteiger partial charge in [-0.1, -0.05) is 5.21 Å². The van der Waals surface area contributed by atoms with Crippen molar-refractivity contribution in [3.63, 3.8) is 0 Å². The number of rotatable bonds is 6. The Morgan fingerprint density at radius 2 is 2.00 bits per heavy atom. The van der Waals surface area contributed by atoms with E-state index in [1.807, 2.05) is 0 Å². The van der Waals surface area contributed by atoms with Gasteiger partial charge in [-0.25, -0.2) is 4.68 Å². The number of nitrogens with zero attached hydrogens (tertiary/aromatic N) is 3. The van der Waals surface area contributed by atoms with E-state index in [4.69, 9.17) is 14.9 Å². The van der Waals surface area contributed by atoms with E-state index in [1.165, 1.54) is 10.9 Å². The lowest BCUT2D eigenvalue weighted by molar-refractivity contribution is -0.254. The lowest BCUT2D eigenvalue weighted by Gasteiger charge is -2.39. The lowest BCUT2D eigenvalue weighted by atomic mass is 9.98. The number of carboxylic acids is 1. The van der Waals surface area contributed by atoms with Crippen molar-refractivity contribution in [3.05, 3.63) is 11.9 Å². The number of hydrogen-bond donors (Lipinski definition) is 5. The summed E-state index contributed by atoms with van der Waals surface area (Å²) in [6, 6.07) is 0. The average Bonchev–Trinajstić information content (AvgIpc) is 2.93. The molecule has 5 atom stereocenters. The van der Waals surface area contributed by atoms with E-state index in [1.54, 1.807) is 0 Å². The Bertz CT molecular complexity index is 507. The zero-order chi connectivity index (χ0) is 16.3. The molecule has 1 aliphatic rings. The number of carboxylic acid groups (broad SMARTS) is 1. The molecule has 1 saturated heterocycles. The highest BCUT2D eigenvalue weighted by Crippen LogP contribution is 2.27. The number of aliphatic carboxylic acids is 1. The number of aryl methyl sites for hydroxylation is 1. The molecule has 10 nitrogen and oxygen atoms in total. The smallest absolute Gasteiger partial charge is 0.303 e. The molecule has 0 unspecified atom stereocenters. The van der Waals surface area contributed by atoms with Gasteiger partial charge in [-0.05, 0) is 12.8 Å². The minimum absolute atomic E-state index is 0.00685. The molecule has 0 amide bonds. The highest BCUT2D eigenvalue weighted by molar-refractivity contribution is 5.66. The van der Waals surface area contributed by atoms with Gasteiger partial charge in [-0.15, -0.1) is 5.10 Å². The van der Waals surface area contributed by atoms with Crippen LogP contribution in [-0.2, 0) is 16.0 Å². The average molecular weight is 317 g/mol. The second-order valence-corrected chi connectivity index (χ2v) is 5.16. The third kappa shape index (κ3) is 3.59. The molecule has 124 valence electrons. The van der Waals surface area contributed by atoms with Crippen LogP contribution in [0.4, 0.5) is 0 Å². The summed E-state index contributed by atoms with van der Waals surface area (Å²) >= 11 is 0. The van der Waals surface area contributed by atoms with Crippen LogP contribution in [0.2, 0.25) is 0 Å². The molecule has 10 heteroatoms. The molecule has 0 aliphatic carbocycles. The molecule has 5 N–H and O–H groups in total. The fourth-order valence-electron chi connectivity index (χ4n) is 2.27. The Morgan fingerprint density at radius 3 is 2.64 bits per heavy atom. The molecular weight excluding hydrogens is 298 g/mol. The predicted molar refractivity (Wildman–Crippen MR) is 69.6 cm³/mol. The van der Waals surface area contributed by atoms with E-state index in [9.17, 15) is 20.1 Å². The van der Waals surface area contributed by atoms with Crippen LogP contribution in [0.3, 0.4) is 0 Å². The quantitative estimate of drug-likeness (QED) is 0.387. The van der Waals surface area contributed by atoms with Crippen LogP contribution in [0.1, 0.15) is 24.8 Å². The molecule has 0 bridgehead atoms. The highest BCUT2D eigenvalue weighted by atomic mass is 16.6. The third-order valence-corrected chi connectivity index (χ3v) is 3.51. The van der Waals surface area contributed by atoms with Crippen LogP contribution in [0.25, 0.3) is 0 Å². The van der Waals surface area contributed by atoms with Gasteiger partial charge in [-0.3, -0.25) is 4.79 Å². The molecule has 0 spiro atoms. The van der Waals surface area contributed by atoms with Gasteiger partial charge in [-0.2, -0.15) is 0 Å². The van der Waals surface area contributed by atoms with E-state index in [2.05, 4.69) is 10.3 Å². The molecule has 1 aromatic heterocycles. The zero-order valence-electron chi connectivity index (χ0n) is 11.7. The van der Waals surface area contributed by atoms with Gasteiger partial charge >= 0.3 is 5.97 Å². The molecule has 0 radical (unpaired) electrons. The summed E-state index contributed by atoms with van der Waals surface area (Å²) in [6.45, 7) is -0.526. The predicted octanol–water partition coefficient (Wildman–Crippen LogP) is -2.34. The topological polar surface area (TPSA) is 158 Å². The van der Waals surface area contributed by atoms with Gasteiger partial charge in [0.25, 0.3) is 0 Å². The van der Waals surface area contributed by atoms with Gasteiger partial charge < -0.3 is 30.3 Å². The summed E-state index contributed by atoms with van der Waals surface area (Å²) in [5.41, 5.74) is 0.512. The Labute approximate surface area is 125 Å². The fraction of sp³-hybridized carbons (Fsp3) is 0.750. The lowest BCUT2D eigenvalue weighted by Crippen LogP contribution is -2.56. The van der Waals surface area contributed by atoms with Crippen LogP contribution in [0, 0.1) is 0 Å². The summed E-state index contributed by atoms with van der Waals surface area (Å²) < 4.78 is 6.51. The number of hydrogen-bond acceptors (Lipinski definition) is 8. The van der Waals surface area contributed by atoms with Crippen LogP contribution in [-0.4, -0.2) is 77.5 Å². The number of aliphatic hydroxyl groups excluding tert-OH is 4. The van der Waals surface area contributed by atoms with Crippen molar-refractivity contribution in [1.82, 2.24) is 15.0 Å². The molecule has 0 saturated carbocycles. The van der Waals surface area contributed by atoms with Crippen molar-refractivity contribution >= 4 is 5.97 Å². The highest BCUT2D eigenvalue weighted by Gasteiger charge is 2.44. The van der Waals surface area contributed by atoms with Crippen molar-refractivity contribution < 1.29 is 35.1 Å². The minimum Gasteiger partial charge on any atom is -0.481 e. The Morgan fingerprint density at radius 1 is 1.27 bits per heavy atom. The van der Waals surface area contributed by atoms with Crippen molar-refractivity contribution in [2.24, 2.45) is 0 Å². The van der Waals surface area contributed by atoms with Gasteiger partial charge in [0.05, 0.1) is 18.5 Å². The van der Waals surface area contributed by atoms with Crippen LogP contribution in [0.15, 0.2) is 6.20 Å². The van der Waals surface area contributed by atoms with Crippen LogP contribution >= 0.6 is 0 Å². The monoisotopic (exact) mass is 317 g/mol. The second-order valence-electron chi connectivity index (χ2n) is 5.16. The maximum atomic E-state index is 10.5. The maximum Gasteiger partial charge on any atom is 0.303 e. The van der Waals surface area contributed by atoms with Gasteiger partial charge in [0.15, 0.2) is 6.23 Å². The van der Waals surface area contributed by atoms with Gasteiger partial charge in [0.1, 0.15) is 24.4 Å². The Kier molecular flexibility index (Phi) is 5.42. The maximum absolute atomic E-state index is 10.5. The SMILES string of the molecule is O=C(O)CCCc1cn([C@@H]2O[C@H](CO)[C@H](O)[C@H](O)[C@H]2O)nn1. The van der Waals surface area contributed by atoms with E-state index < -0.39 is 43.2 Å². The van der Waals surface area contributed by atoms with E-state index in [-0.39, 0.29) is 6.42 Å². The minimum atomic E-state index is -1.49. The molecule has 1 aliphatic heterocycles. The summed E-state index contributed by atoms with van der Waals surface area (Å²) in [5, 5.41) is 54.7. The van der Waals surface area contributed by atoms with Crippen molar-refractivity contribution in [3.8, 4) is 0 Å². The number of aromatic nitrogens is 3. The first kappa shape index (κ1) is 16.8. The normalized spacial score (nSPS) is 32.1. The standard InChI is InChI=1S/C12H19N3O7/c16-5-7-9(19)10(20)11(21)12(22-7)15-4-6(13-14-15)2-1-3-8(17)18/h4,7,9-12,16,19-21H,1-3,5H2,(H,17,18)/t7-,9+,10+,11-,12-/m1/s1. The van der Waals surface area contributed by atoms with Gasteiger partial charge in [0, 0.05) is 6.42 Å². The first-order valence-electron chi connectivity index (χ1n) is 6.87. The summed E-state index contributed by atoms with van der Waals surface area (Å²) in [7, 11) is 0. The molecule has 22 heavy (non-hydrogen) atoms.